The van der Waals surface area contributed by atoms with Gasteiger partial charge in [-0.15, -0.1) is 0 Å². The second kappa shape index (κ2) is 7.84. The lowest BCUT2D eigenvalue weighted by Crippen LogP contribution is -2.75. The minimum atomic E-state index is -0.815. The summed E-state index contributed by atoms with van der Waals surface area (Å²) in [6, 6.07) is 0.115. The minimum Gasteiger partial charge on any atom is -0.503 e. The number of aromatic nitrogens is 2. The minimum absolute atomic E-state index is 0.0512. The molecule has 0 unspecified atom stereocenters. The number of β-lactam (4-membered cyclic amide) rings is 1. The lowest BCUT2D eigenvalue weighted by molar-refractivity contribution is -0.138. The average Bonchev–Trinajstić information content (AvgIpc) is 2.98. The van der Waals surface area contributed by atoms with Gasteiger partial charge in [-0.1, -0.05) is 28.1 Å². The molecule has 1 atom stereocenters. The number of anilines is 1. The van der Waals surface area contributed by atoms with E-state index in [9.17, 15) is 24.7 Å². The highest BCUT2D eigenvalue weighted by atomic mass is 35.5. The van der Waals surface area contributed by atoms with Gasteiger partial charge in [0.15, 0.2) is 23.2 Å². The molecule has 1 saturated heterocycles. The second-order valence-electron chi connectivity index (χ2n) is 6.86. The highest BCUT2D eigenvalue weighted by molar-refractivity contribution is 7.19. The zero-order valence-corrected chi connectivity index (χ0v) is 17.2. The molecule has 0 aliphatic carbocycles. The molecule has 0 spiro atoms. The van der Waals surface area contributed by atoms with Crippen molar-refractivity contribution >= 4 is 45.6 Å². The SMILES string of the molecule is CC1(C)NC(=O)[C@H]1NC(=O)/C(=N\OCc1cc(=O)c(O)cn1O)c1nc(N)sc1Cl. The second-order valence-corrected chi connectivity index (χ2v) is 8.50. The number of rotatable bonds is 6. The van der Waals surface area contributed by atoms with E-state index in [1.165, 1.54) is 0 Å². The van der Waals surface area contributed by atoms with Gasteiger partial charge in [0.25, 0.3) is 5.91 Å². The summed E-state index contributed by atoms with van der Waals surface area (Å²) >= 11 is 6.99. The van der Waals surface area contributed by atoms with Crippen molar-refractivity contribution in [2.75, 3.05) is 5.73 Å². The topological polar surface area (TPSA) is 181 Å². The van der Waals surface area contributed by atoms with Crippen molar-refractivity contribution in [3.63, 3.8) is 0 Å². The van der Waals surface area contributed by atoms with E-state index in [4.69, 9.17) is 22.2 Å². The number of nitrogen functional groups attached to an aromatic ring is 1. The fraction of sp³-hybridized carbons (Fsp3) is 0.312. The number of aromatic hydroxyl groups is 1. The van der Waals surface area contributed by atoms with E-state index in [2.05, 4.69) is 20.8 Å². The molecule has 3 heterocycles. The van der Waals surface area contributed by atoms with Gasteiger partial charge in [0.2, 0.25) is 11.3 Å². The van der Waals surface area contributed by atoms with Crippen LogP contribution in [0.2, 0.25) is 4.34 Å². The first kappa shape index (κ1) is 21.4. The first-order valence-electron chi connectivity index (χ1n) is 8.38. The summed E-state index contributed by atoms with van der Waals surface area (Å²) in [7, 11) is 0. The van der Waals surface area contributed by atoms with Crippen LogP contribution in [0.15, 0.2) is 22.2 Å². The van der Waals surface area contributed by atoms with Crippen LogP contribution in [0.5, 0.6) is 5.75 Å². The summed E-state index contributed by atoms with van der Waals surface area (Å²) in [4.78, 5) is 45.1. The maximum atomic E-state index is 12.8. The Kier molecular flexibility index (Phi) is 5.59. The van der Waals surface area contributed by atoms with Gasteiger partial charge in [-0.2, -0.15) is 4.73 Å². The van der Waals surface area contributed by atoms with Crippen molar-refractivity contribution < 1.29 is 24.7 Å². The molecule has 14 heteroatoms. The van der Waals surface area contributed by atoms with Crippen LogP contribution < -0.4 is 21.8 Å². The first-order valence-corrected chi connectivity index (χ1v) is 9.58. The summed E-state index contributed by atoms with van der Waals surface area (Å²) in [5.41, 5.74) is 3.76. The summed E-state index contributed by atoms with van der Waals surface area (Å²) in [5.74, 6) is -1.82. The maximum Gasteiger partial charge on any atom is 0.276 e. The van der Waals surface area contributed by atoms with Crippen molar-refractivity contribution in [1.82, 2.24) is 20.3 Å². The van der Waals surface area contributed by atoms with E-state index in [0.717, 1.165) is 23.6 Å². The summed E-state index contributed by atoms with van der Waals surface area (Å²) in [6.45, 7) is 3.02. The largest absolute Gasteiger partial charge is 0.503 e. The number of amides is 2. The Balaban J connectivity index is 1.85. The fourth-order valence-electron chi connectivity index (χ4n) is 2.64. The standard InChI is InChI=1S/C16H17ClN6O6S/c1-16(2)11(14(27)21-16)20-13(26)10(9-12(17)30-15(18)19-9)22-29-5-6-3-7(24)8(25)4-23(6)28/h3-4,11,25,28H,5H2,1-2H3,(H2,18,19)(H,20,26)(H,21,27)/b22-10-/t11-/m1/s1. The van der Waals surface area contributed by atoms with Gasteiger partial charge < -0.3 is 31.5 Å². The molecule has 2 aromatic rings. The molecule has 0 bridgehead atoms. The van der Waals surface area contributed by atoms with Crippen LogP contribution in [0.3, 0.4) is 0 Å². The molecule has 6 N–H and O–H groups in total. The lowest BCUT2D eigenvalue weighted by Gasteiger charge is -2.44. The Morgan fingerprint density at radius 3 is 2.80 bits per heavy atom. The highest BCUT2D eigenvalue weighted by Gasteiger charge is 2.47. The van der Waals surface area contributed by atoms with Crippen molar-refractivity contribution in [1.29, 1.82) is 0 Å². The Morgan fingerprint density at radius 1 is 1.53 bits per heavy atom. The van der Waals surface area contributed by atoms with Crippen LogP contribution in [0.4, 0.5) is 5.13 Å². The number of nitrogens with one attached hydrogen (secondary N) is 2. The van der Waals surface area contributed by atoms with Crippen LogP contribution in [0.1, 0.15) is 25.2 Å². The molecule has 0 aromatic carbocycles. The number of nitrogens with two attached hydrogens (primary N) is 1. The number of pyridine rings is 1. The third kappa shape index (κ3) is 4.16. The smallest absolute Gasteiger partial charge is 0.276 e. The van der Waals surface area contributed by atoms with Crippen molar-refractivity contribution in [2.24, 2.45) is 5.16 Å². The molecule has 12 nitrogen and oxygen atoms in total. The van der Waals surface area contributed by atoms with Gasteiger partial charge in [-0.05, 0) is 13.8 Å². The van der Waals surface area contributed by atoms with Crippen molar-refractivity contribution in [2.45, 2.75) is 32.0 Å². The Labute approximate surface area is 177 Å². The van der Waals surface area contributed by atoms with Crippen molar-refractivity contribution in [3.8, 4) is 5.75 Å². The summed E-state index contributed by atoms with van der Waals surface area (Å²) < 4.78 is 0.548. The third-order valence-electron chi connectivity index (χ3n) is 4.20. The van der Waals surface area contributed by atoms with E-state index in [1.54, 1.807) is 13.8 Å². The van der Waals surface area contributed by atoms with E-state index < -0.39 is 35.3 Å². The molecule has 2 aromatic heterocycles. The van der Waals surface area contributed by atoms with Gasteiger partial charge in [-0.25, -0.2) is 4.98 Å². The molecule has 0 saturated carbocycles. The fourth-order valence-corrected chi connectivity index (χ4v) is 3.57. The van der Waals surface area contributed by atoms with Gasteiger partial charge in [0.05, 0.1) is 11.7 Å². The van der Waals surface area contributed by atoms with Crippen LogP contribution in [0.25, 0.3) is 0 Å². The number of hydrogen-bond donors (Lipinski definition) is 5. The van der Waals surface area contributed by atoms with Crippen LogP contribution in [-0.2, 0) is 21.0 Å². The van der Waals surface area contributed by atoms with Crippen LogP contribution >= 0.6 is 22.9 Å². The van der Waals surface area contributed by atoms with Gasteiger partial charge in [0, 0.05) is 6.07 Å². The quantitative estimate of drug-likeness (QED) is 0.171. The average molecular weight is 457 g/mol. The normalized spacial score (nSPS) is 17.8. The number of halogens is 1. The zero-order valence-electron chi connectivity index (χ0n) is 15.7. The molecule has 160 valence electrons. The zero-order chi connectivity index (χ0) is 22.2. The predicted octanol–water partition coefficient (Wildman–Crippen LogP) is -0.203. The number of carbonyl (C=O) groups excluding carboxylic acids is 2. The van der Waals surface area contributed by atoms with E-state index in [0.29, 0.717) is 4.73 Å². The van der Waals surface area contributed by atoms with E-state index in [1.807, 2.05) is 0 Å². The molecule has 30 heavy (non-hydrogen) atoms. The Hall–Kier alpha value is -3.32. The number of nitrogens with zero attached hydrogens (tertiary/aromatic N) is 3. The van der Waals surface area contributed by atoms with Crippen LogP contribution in [0, 0.1) is 0 Å². The lowest BCUT2D eigenvalue weighted by atomic mass is 9.85. The van der Waals surface area contributed by atoms with Gasteiger partial charge >= 0.3 is 0 Å². The summed E-state index contributed by atoms with van der Waals surface area (Å²) in [6.07, 6.45) is 0.785. The Morgan fingerprint density at radius 2 is 2.23 bits per heavy atom. The Bertz CT molecular complexity index is 1110. The maximum absolute atomic E-state index is 12.8. The van der Waals surface area contributed by atoms with E-state index in [-0.39, 0.29) is 32.5 Å². The molecule has 1 fully saturated rings. The molecule has 2 amide bonds. The monoisotopic (exact) mass is 456 g/mol. The molecular formula is C16H17ClN6O6S. The number of oxime groups is 1. The van der Waals surface area contributed by atoms with Gasteiger partial charge in [0.1, 0.15) is 21.8 Å². The first-order chi connectivity index (χ1) is 14.0. The van der Waals surface area contributed by atoms with Crippen molar-refractivity contribution in [3.05, 3.63) is 38.2 Å². The predicted molar refractivity (Wildman–Crippen MR) is 107 cm³/mol. The number of hydrogen-bond acceptors (Lipinski definition) is 10. The molecule has 1 aliphatic heterocycles. The van der Waals surface area contributed by atoms with Crippen LogP contribution in [-0.4, -0.2) is 49.1 Å². The number of thiazole rings is 1. The van der Waals surface area contributed by atoms with Gasteiger partial charge in [-0.3, -0.25) is 14.4 Å². The molecule has 1 aliphatic rings. The molecule has 3 rings (SSSR count). The summed E-state index contributed by atoms with van der Waals surface area (Å²) in [5, 5.41) is 28.0. The molecular weight excluding hydrogens is 440 g/mol. The van der Waals surface area contributed by atoms with E-state index >= 15 is 0 Å². The third-order valence-corrected chi connectivity index (χ3v) is 5.29. The molecule has 0 radical (unpaired) electrons. The highest BCUT2D eigenvalue weighted by Crippen LogP contribution is 2.27. The number of carbonyl (C=O) groups is 2.